The fraction of sp³-hybridized carbons (Fsp3) is 0.438. The van der Waals surface area contributed by atoms with Crippen molar-refractivity contribution in [3.63, 3.8) is 0 Å². The molecule has 0 N–H and O–H groups in total. The maximum atomic E-state index is 12.7. The number of halogens is 2. The summed E-state index contributed by atoms with van der Waals surface area (Å²) in [5.41, 5.74) is 0.722. The number of benzene rings is 1. The molecule has 128 valence electrons. The van der Waals surface area contributed by atoms with Crippen molar-refractivity contribution in [2.75, 3.05) is 25.5 Å². The first-order valence-corrected chi connectivity index (χ1v) is 8.45. The lowest BCUT2D eigenvalue weighted by Gasteiger charge is -2.22. The first-order chi connectivity index (χ1) is 11.5. The molecule has 1 aliphatic rings. The van der Waals surface area contributed by atoms with E-state index >= 15 is 0 Å². The Morgan fingerprint density at radius 1 is 1.42 bits per heavy atom. The van der Waals surface area contributed by atoms with E-state index in [4.69, 9.17) is 27.7 Å². The number of hydrogen-bond donors (Lipinski definition) is 0. The Labute approximate surface area is 150 Å². The highest BCUT2D eigenvalue weighted by atomic mass is 35.5. The summed E-state index contributed by atoms with van der Waals surface area (Å²) in [7, 11) is 3.68. The number of likely N-dealkylation sites (tertiary alicyclic amines) is 1. The Balaban J connectivity index is 1.77. The standard InChI is InChI=1S/C16H18Cl2N4O2/c1-21(2)16-19-15(24-20-16)13-4-3-7-22(13)14(23)9-10-8-11(17)5-6-12(10)18/h5-6,8,13H,3-4,7,9H2,1-2H3/t13-/m1/s1. The van der Waals surface area contributed by atoms with Gasteiger partial charge in [0.2, 0.25) is 5.91 Å². The lowest BCUT2D eigenvalue weighted by atomic mass is 10.1. The molecular formula is C16H18Cl2N4O2. The second-order valence-electron chi connectivity index (χ2n) is 5.98. The first-order valence-electron chi connectivity index (χ1n) is 7.70. The third-order valence-corrected chi connectivity index (χ3v) is 4.64. The summed E-state index contributed by atoms with van der Waals surface area (Å²) in [6.45, 7) is 0.668. The van der Waals surface area contributed by atoms with Gasteiger partial charge in [-0.15, -0.1) is 0 Å². The predicted molar refractivity (Wildman–Crippen MR) is 92.5 cm³/mol. The average molecular weight is 369 g/mol. The van der Waals surface area contributed by atoms with Gasteiger partial charge in [-0.05, 0) is 41.8 Å². The Morgan fingerprint density at radius 3 is 2.92 bits per heavy atom. The zero-order valence-corrected chi connectivity index (χ0v) is 15.0. The molecule has 6 nitrogen and oxygen atoms in total. The lowest BCUT2D eigenvalue weighted by Crippen LogP contribution is -2.32. The van der Waals surface area contributed by atoms with Gasteiger partial charge in [0, 0.05) is 30.7 Å². The van der Waals surface area contributed by atoms with Crippen LogP contribution in [0.5, 0.6) is 0 Å². The van der Waals surface area contributed by atoms with Crippen molar-refractivity contribution < 1.29 is 9.32 Å². The summed E-state index contributed by atoms with van der Waals surface area (Å²) in [5, 5.41) is 5.03. The molecule has 24 heavy (non-hydrogen) atoms. The number of carbonyl (C=O) groups is 1. The van der Waals surface area contributed by atoms with Gasteiger partial charge in [0.05, 0.1) is 6.42 Å². The van der Waals surface area contributed by atoms with Crippen LogP contribution in [0.1, 0.15) is 30.3 Å². The second kappa shape index (κ2) is 6.99. The van der Waals surface area contributed by atoms with Gasteiger partial charge in [-0.1, -0.05) is 23.2 Å². The van der Waals surface area contributed by atoms with Gasteiger partial charge < -0.3 is 14.3 Å². The molecule has 1 amide bonds. The van der Waals surface area contributed by atoms with E-state index < -0.39 is 0 Å². The number of rotatable bonds is 4. The number of amides is 1. The maximum absolute atomic E-state index is 12.7. The molecule has 0 bridgehead atoms. The van der Waals surface area contributed by atoms with Crippen LogP contribution < -0.4 is 4.90 Å². The minimum absolute atomic E-state index is 0.0220. The SMILES string of the molecule is CN(C)c1noc([C@H]2CCCN2C(=O)Cc2cc(Cl)ccc2Cl)n1. The molecule has 0 radical (unpaired) electrons. The number of anilines is 1. The van der Waals surface area contributed by atoms with E-state index in [2.05, 4.69) is 10.1 Å². The molecule has 1 aromatic heterocycles. The minimum atomic E-state index is -0.184. The van der Waals surface area contributed by atoms with Crippen molar-refractivity contribution in [1.29, 1.82) is 0 Å². The van der Waals surface area contributed by atoms with Crippen molar-refractivity contribution in [3.05, 3.63) is 39.7 Å². The summed E-state index contributed by atoms with van der Waals surface area (Å²) in [6, 6.07) is 4.95. The highest BCUT2D eigenvalue weighted by Gasteiger charge is 2.34. The van der Waals surface area contributed by atoms with Crippen molar-refractivity contribution >= 4 is 35.1 Å². The van der Waals surface area contributed by atoms with Crippen LogP contribution in [-0.4, -0.2) is 41.6 Å². The van der Waals surface area contributed by atoms with Gasteiger partial charge in [0.15, 0.2) is 0 Å². The number of hydrogen-bond acceptors (Lipinski definition) is 5. The van der Waals surface area contributed by atoms with Gasteiger partial charge >= 0.3 is 0 Å². The molecule has 2 aromatic rings. The van der Waals surface area contributed by atoms with Crippen LogP contribution in [0, 0.1) is 0 Å². The topological polar surface area (TPSA) is 62.5 Å². The average Bonchev–Trinajstić information content (AvgIpc) is 3.18. The molecule has 0 aliphatic carbocycles. The summed E-state index contributed by atoms with van der Waals surface area (Å²) in [5.74, 6) is 0.954. The molecule has 1 aliphatic heterocycles. The van der Waals surface area contributed by atoms with Crippen molar-refractivity contribution in [3.8, 4) is 0 Å². The van der Waals surface area contributed by atoms with E-state index in [9.17, 15) is 4.79 Å². The van der Waals surface area contributed by atoms with E-state index in [1.54, 1.807) is 28.0 Å². The van der Waals surface area contributed by atoms with Crippen LogP contribution in [0.3, 0.4) is 0 Å². The number of carbonyl (C=O) groups excluding carboxylic acids is 1. The zero-order valence-electron chi connectivity index (χ0n) is 13.5. The quantitative estimate of drug-likeness (QED) is 0.827. The van der Waals surface area contributed by atoms with E-state index in [-0.39, 0.29) is 18.4 Å². The molecule has 2 heterocycles. The molecule has 3 rings (SSSR count). The van der Waals surface area contributed by atoms with Gasteiger partial charge in [-0.2, -0.15) is 4.98 Å². The van der Waals surface area contributed by atoms with E-state index in [1.165, 1.54) is 0 Å². The highest BCUT2D eigenvalue weighted by Crippen LogP contribution is 2.32. The van der Waals surface area contributed by atoms with Crippen LogP contribution in [-0.2, 0) is 11.2 Å². The summed E-state index contributed by atoms with van der Waals surface area (Å²) < 4.78 is 5.34. The highest BCUT2D eigenvalue weighted by molar-refractivity contribution is 6.33. The summed E-state index contributed by atoms with van der Waals surface area (Å²) in [4.78, 5) is 20.6. The summed E-state index contributed by atoms with van der Waals surface area (Å²) in [6.07, 6.45) is 1.91. The van der Waals surface area contributed by atoms with Gasteiger partial charge in [-0.3, -0.25) is 4.79 Å². The van der Waals surface area contributed by atoms with Crippen LogP contribution >= 0.6 is 23.2 Å². The molecule has 8 heteroatoms. The first kappa shape index (κ1) is 17.0. The molecule has 1 aromatic carbocycles. The van der Waals surface area contributed by atoms with Crippen molar-refractivity contribution in [2.24, 2.45) is 0 Å². The van der Waals surface area contributed by atoms with Gasteiger partial charge in [-0.25, -0.2) is 0 Å². The molecular weight excluding hydrogens is 351 g/mol. The van der Waals surface area contributed by atoms with E-state index in [0.29, 0.717) is 28.4 Å². The van der Waals surface area contributed by atoms with Crippen molar-refractivity contribution in [2.45, 2.75) is 25.3 Å². The molecule has 1 atom stereocenters. The number of nitrogens with zero attached hydrogens (tertiary/aromatic N) is 4. The smallest absolute Gasteiger partial charge is 0.265 e. The molecule has 1 fully saturated rings. The normalized spacial score (nSPS) is 17.3. The second-order valence-corrected chi connectivity index (χ2v) is 6.83. The fourth-order valence-corrected chi connectivity index (χ4v) is 3.19. The maximum Gasteiger partial charge on any atom is 0.265 e. The number of aromatic nitrogens is 2. The van der Waals surface area contributed by atoms with E-state index in [1.807, 2.05) is 14.1 Å². The summed E-state index contributed by atoms with van der Waals surface area (Å²) >= 11 is 12.2. The molecule has 0 unspecified atom stereocenters. The van der Waals surface area contributed by atoms with Crippen molar-refractivity contribution in [1.82, 2.24) is 15.0 Å². The Hall–Kier alpha value is -1.79. The Kier molecular flexibility index (Phi) is 4.96. The predicted octanol–water partition coefficient (Wildman–Crippen LogP) is 3.35. The minimum Gasteiger partial charge on any atom is -0.344 e. The Bertz CT molecular complexity index is 747. The van der Waals surface area contributed by atoms with Crippen LogP contribution in [0.2, 0.25) is 10.0 Å². The van der Waals surface area contributed by atoms with Crippen LogP contribution in [0.25, 0.3) is 0 Å². The van der Waals surface area contributed by atoms with E-state index in [0.717, 1.165) is 18.4 Å². The van der Waals surface area contributed by atoms with Gasteiger partial charge in [0.1, 0.15) is 6.04 Å². The molecule has 0 saturated carbocycles. The molecule has 0 spiro atoms. The van der Waals surface area contributed by atoms with Gasteiger partial charge in [0.25, 0.3) is 11.8 Å². The van der Waals surface area contributed by atoms with Crippen LogP contribution in [0.4, 0.5) is 5.95 Å². The zero-order chi connectivity index (χ0) is 17.3. The van der Waals surface area contributed by atoms with Crippen LogP contribution in [0.15, 0.2) is 22.7 Å². The third kappa shape index (κ3) is 3.49. The largest absolute Gasteiger partial charge is 0.344 e. The monoisotopic (exact) mass is 368 g/mol. The Morgan fingerprint density at radius 2 is 2.21 bits per heavy atom. The molecule has 1 saturated heterocycles. The fourth-order valence-electron chi connectivity index (χ4n) is 2.81. The third-order valence-electron chi connectivity index (χ3n) is 4.04. The lowest BCUT2D eigenvalue weighted by molar-refractivity contribution is -0.131.